The van der Waals surface area contributed by atoms with Gasteiger partial charge in [-0.3, -0.25) is 14.7 Å². The predicted octanol–water partition coefficient (Wildman–Crippen LogP) is 6.94. The number of amides is 1. The van der Waals surface area contributed by atoms with Crippen LogP contribution in [0.5, 0.6) is 0 Å². The third-order valence-corrected chi connectivity index (χ3v) is 8.71. The quantitative estimate of drug-likeness (QED) is 0.399. The lowest BCUT2D eigenvalue weighted by Crippen LogP contribution is -2.45. The second kappa shape index (κ2) is 11.0. The molecular formula is C32H44N4O. The number of piperidine rings is 1. The third-order valence-electron chi connectivity index (χ3n) is 8.71. The number of aryl methyl sites for hydroxylation is 2. The van der Waals surface area contributed by atoms with Crippen molar-refractivity contribution in [1.29, 1.82) is 0 Å². The van der Waals surface area contributed by atoms with E-state index in [1.165, 1.54) is 65.4 Å². The Hall–Kier alpha value is -2.66. The molecule has 0 radical (unpaired) electrons. The first-order valence-corrected chi connectivity index (χ1v) is 14.4. The lowest BCUT2D eigenvalue weighted by molar-refractivity contribution is -0.133. The van der Waals surface area contributed by atoms with Crippen LogP contribution in [0.15, 0.2) is 30.3 Å². The molecule has 3 heterocycles. The number of carbonyl (C=O) groups excluding carboxylic acids is 1. The molecule has 0 atom stereocenters. The van der Waals surface area contributed by atoms with Crippen molar-refractivity contribution in [3.05, 3.63) is 52.8 Å². The van der Waals surface area contributed by atoms with Crippen LogP contribution in [-0.2, 0) is 4.79 Å². The van der Waals surface area contributed by atoms with Crippen molar-refractivity contribution in [3.63, 3.8) is 0 Å². The number of hydrogen-bond donors (Lipinski definition) is 1. The van der Waals surface area contributed by atoms with Gasteiger partial charge in [-0.25, -0.2) is 0 Å². The number of rotatable bonds is 6. The molecule has 3 aromatic rings. The van der Waals surface area contributed by atoms with Crippen LogP contribution in [-0.4, -0.2) is 58.4 Å². The Morgan fingerprint density at radius 1 is 1.03 bits per heavy atom. The summed E-state index contributed by atoms with van der Waals surface area (Å²) in [5.74, 6) is 1.23. The van der Waals surface area contributed by atoms with Crippen LogP contribution >= 0.6 is 0 Å². The first-order valence-electron chi connectivity index (χ1n) is 14.4. The van der Waals surface area contributed by atoms with Gasteiger partial charge in [0.05, 0.1) is 12.2 Å². The van der Waals surface area contributed by atoms with Crippen LogP contribution in [0.3, 0.4) is 0 Å². The van der Waals surface area contributed by atoms with Gasteiger partial charge in [0.25, 0.3) is 0 Å². The van der Waals surface area contributed by atoms with E-state index in [0.717, 1.165) is 37.3 Å². The van der Waals surface area contributed by atoms with E-state index in [-0.39, 0.29) is 0 Å². The summed E-state index contributed by atoms with van der Waals surface area (Å²) < 4.78 is 0. The standard InChI is InChI=1S/C32H44N4O/c1-21(2)31-28-19-25(11-12-29(28)34-32(31)26-17-22(3)33-23(4)18-26)24-13-15-36(16-14-24)30(37)20-35(5)27-9-7-6-8-10-27/h11-12,17-19,21,24,27,34H,6-10,13-16,20H2,1-5H3. The lowest BCUT2D eigenvalue weighted by atomic mass is 9.87. The molecule has 5 heteroatoms. The summed E-state index contributed by atoms with van der Waals surface area (Å²) in [6, 6.07) is 11.9. The zero-order chi connectivity index (χ0) is 26.1. The van der Waals surface area contributed by atoms with Crippen molar-refractivity contribution in [1.82, 2.24) is 19.8 Å². The van der Waals surface area contributed by atoms with Crippen molar-refractivity contribution in [2.24, 2.45) is 0 Å². The Morgan fingerprint density at radius 2 is 1.70 bits per heavy atom. The summed E-state index contributed by atoms with van der Waals surface area (Å²) in [5, 5.41) is 1.34. The molecule has 1 aromatic carbocycles. The molecule has 37 heavy (non-hydrogen) atoms. The number of carbonyl (C=O) groups is 1. The van der Waals surface area contributed by atoms with Gasteiger partial charge < -0.3 is 9.88 Å². The normalized spacial score (nSPS) is 17.9. The maximum atomic E-state index is 13.0. The Kier molecular flexibility index (Phi) is 7.71. The van der Waals surface area contributed by atoms with Gasteiger partial charge in [0, 0.05) is 47.0 Å². The smallest absolute Gasteiger partial charge is 0.236 e. The number of aromatic nitrogens is 2. The maximum Gasteiger partial charge on any atom is 0.236 e. The molecular weight excluding hydrogens is 456 g/mol. The Bertz CT molecular complexity index is 1220. The van der Waals surface area contributed by atoms with E-state index in [1.54, 1.807) is 0 Å². The van der Waals surface area contributed by atoms with Gasteiger partial charge in [-0.05, 0) is 93.8 Å². The summed E-state index contributed by atoms with van der Waals surface area (Å²) in [6.07, 6.45) is 8.54. The van der Waals surface area contributed by atoms with Crippen molar-refractivity contribution in [2.45, 2.75) is 90.5 Å². The van der Waals surface area contributed by atoms with Crippen molar-refractivity contribution in [2.75, 3.05) is 26.7 Å². The molecule has 2 fully saturated rings. The molecule has 1 N–H and O–H groups in total. The van der Waals surface area contributed by atoms with Crippen LogP contribution in [0.4, 0.5) is 0 Å². The fourth-order valence-electron chi connectivity index (χ4n) is 6.72. The summed E-state index contributed by atoms with van der Waals surface area (Å²) in [4.78, 5) is 25.8. The molecule has 2 aromatic heterocycles. The van der Waals surface area contributed by atoms with Gasteiger partial charge in [-0.2, -0.15) is 0 Å². The van der Waals surface area contributed by atoms with E-state index in [9.17, 15) is 4.79 Å². The van der Waals surface area contributed by atoms with E-state index >= 15 is 0 Å². The maximum absolute atomic E-state index is 13.0. The molecule has 0 spiro atoms. The van der Waals surface area contributed by atoms with Gasteiger partial charge in [0.15, 0.2) is 0 Å². The minimum Gasteiger partial charge on any atom is -0.354 e. The number of pyridine rings is 1. The first kappa shape index (κ1) is 26.0. The minimum absolute atomic E-state index is 0.308. The highest BCUT2D eigenvalue weighted by molar-refractivity contribution is 5.92. The highest BCUT2D eigenvalue weighted by Crippen LogP contribution is 2.38. The summed E-state index contributed by atoms with van der Waals surface area (Å²) in [6.45, 7) is 11.0. The van der Waals surface area contributed by atoms with E-state index < -0.39 is 0 Å². The average Bonchev–Trinajstić information content (AvgIpc) is 3.28. The van der Waals surface area contributed by atoms with E-state index in [4.69, 9.17) is 0 Å². The average molecular weight is 501 g/mol. The van der Waals surface area contributed by atoms with Crippen LogP contribution in [0, 0.1) is 13.8 Å². The van der Waals surface area contributed by atoms with Crippen LogP contribution < -0.4 is 0 Å². The molecule has 1 saturated carbocycles. The Morgan fingerprint density at radius 3 is 2.35 bits per heavy atom. The number of nitrogens with zero attached hydrogens (tertiary/aromatic N) is 3. The highest BCUT2D eigenvalue weighted by atomic mass is 16.2. The number of likely N-dealkylation sites (N-methyl/N-ethyl adjacent to an activating group) is 1. The largest absolute Gasteiger partial charge is 0.354 e. The van der Waals surface area contributed by atoms with Gasteiger partial charge in [-0.1, -0.05) is 39.2 Å². The number of fused-ring (bicyclic) bond motifs is 1. The summed E-state index contributed by atoms with van der Waals surface area (Å²) in [7, 11) is 2.14. The molecule has 2 aliphatic rings. The highest BCUT2D eigenvalue weighted by Gasteiger charge is 2.27. The first-order chi connectivity index (χ1) is 17.8. The van der Waals surface area contributed by atoms with Gasteiger partial charge in [0.2, 0.25) is 5.91 Å². The predicted molar refractivity (Wildman–Crippen MR) is 153 cm³/mol. The zero-order valence-corrected chi connectivity index (χ0v) is 23.4. The molecule has 1 amide bonds. The Labute approximate surface area is 222 Å². The van der Waals surface area contributed by atoms with Crippen LogP contribution in [0.2, 0.25) is 0 Å². The molecule has 1 saturated heterocycles. The van der Waals surface area contributed by atoms with Gasteiger partial charge in [0.1, 0.15) is 0 Å². The number of H-pyrrole nitrogens is 1. The van der Waals surface area contributed by atoms with E-state index in [1.807, 2.05) is 0 Å². The fourth-order valence-corrected chi connectivity index (χ4v) is 6.72. The molecule has 5 rings (SSSR count). The number of likely N-dealkylation sites (tertiary alicyclic amines) is 1. The van der Waals surface area contributed by atoms with Crippen LogP contribution in [0.25, 0.3) is 22.2 Å². The number of aromatic amines is 1. The third kappa shape index (κ3) is 5.62. The van der Waals surface area contributed by atoms with Crippen LogP contribution in [0.1, 0.15) is 93.1 Å². The van der Waals surface area contributed by atoms with E-state index in [0.29, 0.717) is 30.3 Å². The number of nitrogens with one attached hydrogen (secondary N) is 1. The number of hydrogen-bond acceptors (Lipinski definition) is 3. The molecule has 0 bridgehead atoms. The van der Waals surface area contributed by atoms with E-state index in [2.05, 4.69) is 84.8 Å². The monoisotopic (exact) mass is 500 g/mol. The Balaban J connectivity index is 1.30. The summed E-state index contributed by atoms with van der Waals surface area (Å²) in [5.41, 5.74) is 8.54. The molecule has 1 aliphatic heterocycles. The zero-order valence-electron chi connectivity index (χ0n) is 23.4. The minimum atomic E-state index is 0.308. The van der Waals surface area contributed by atoms with Gasteiger partial charge in [-0.15, -0.1) is 0 Å². The topological polar surface area (TPSA) is 52.2 Å². The molecule has 198 valence electrons. The number of benzene rings is 1. The fraction of sp³-hybridized carbons (Fsp3) is 0.562. The second-order valence-corrected chi connectivity index (χ2v) is 11.9. The molecule has 5 nitrogen and oxygen atoms in total. The molecule has 0 unspecified atom stereocenters. The van der Waals surface area contributed by atoms with Crippen molar-refractivity contribution < 1.29 is 4.79 Å². The SMILES string of the molecule is Cc1cc(-c2[nH]c3ccc(C4CCN(C(=O)CN(C)C5CCCCC5)CC4)cc3c2C(C)C)cc(C)n1. The van der Waals surface area contributed by atoms with Crippen molar-refractivity contribution in [3.8, 4) is 11.3 Å². The van der Waals surface area contributed by atoms with Gasteiger partial charge >= 0.3 is 0 Å². The second-order valence-electron chi connectivity index (χ2n) is 11.9. The molecule has 1 aliphatic carbocycles. The van der Waals surface area contributed by atoms with Crippen molar-refractivity contribution >= 4 is 16.8 Å². The summed E-state index contributed by atoms with van der Waals surface area (Å²) >= 11 is 0. The lowest BCUT2D eigenvalue weighted by Gasteiger charge is -2.35.